The molecule has 4 rings (SSSR count). The normalized spacial score (nSPS) is 17.3. The molecule has 1 saturated heterocycles. The Kier molecular flexibility index (Phi) is 7.86. The molecule has 0 bridgehead atoms. The van der Waals surface area contributed by atoms with Crippen molar-refractivity contribution >= 4 is 23.1 Å². The fraction of sp³-hybridized carbons (Fsp3) is 0.500. The first-order valence-corrected chi connectivity index (χ1v) is 12.2. The largest absolute Gasteiger partial charge is 0.416 e. The highest BCUT2D eigenvalue weighted by Crippen LogP contribution is 2.49. The van der Waals surface area contributed by atoms with Gasteiger partial charge in [-0.15, -0.1) is 0 Å². The zero-order valence-corrected chi connectivity index (χ0v) is 20.1. The number of hydrazine groups is 1. The average Bonchev–Trinajstić information content (AvgIpc) is 2.78. The minimum absolute atomic E-state index is 0.592. The Hall–Kier alpha value is -1.78. The van der Waals surface area contributed by atoms with Crippen molar-refractivity contribution in [2.24, 2.45) is 0 Å². The van der Waals surface area contributed by atoms with Crippen LogP contribution in [0.4, 0.5) is 24.5 Å². The number of fused-ring (bicyclic) bond motifs is 2. The number of hydrogen-bond acceptors (Lipinski definition) is 6. The maximum absolute atomic E-state index is 13.4. The van der Waals surface area contributed by atoms with Crippen LogP contribution in [-0.4, -0.2) is 81.3 Å². The molecule has 1 N–H and O–H groups in total. The molecule has 2 aliphatic rings. The summed E-state index contributed by atoms with van der Waals surface area (Å²) in [6, 6.07) is 12.1. The lowest BCUT2D eigenvalue weighted by Crippen LogP contribution is -2.49. The van der Waals surface area contributed by atoms with Crippen LogP contribution in [0.1, 0.15) is 12.0 Å². The molecule has 0 amide bonds. The van der Waals surface area contributed by atoms with E-state index in [-0.39, 0.29) is 0 Å². The van der Waals surface area contributed by atoms with E-state index in [0.717, 1.165) is 67.7 Å². The maximum atomic E-state index is 13.4. The predicted octanol–water partition coefficient (Wildman–Crippen LogP) is 4.38. The Morgan fingerprint density at radius 2 is 1.55 bits per heavy atom. The van der Waals surface area contributed by atoms with Crippen LogP contribution in [0.15, 0.2) is 52.3 Å². The van der Waals surface area contributed by atoms with Crippen molar-refractivity contribution in [3.05, 3.63) is 48.0 Å². The average molecular weight is 480 g/mol. The Balaban J connectivity index is 1.37. The summed E-state index contributed by atoms with van der Waals surface area (Å²) in [6.07, 6.45) is -3.44. The Bertz CT molecular complexity index is 929. The van der Waals surface area contributed by atoms with Crippen molar-refractivity contribution in [3.8, 4) is 0 Å². The van der Waals surface area contributed by atoms with Crippen molar-refractivity contribution in [3.63, 3.8) is 0 Å². The van der Waals surface area contributed by atoms with Crippen LogP contribution in [0.3, 0.4) is 0 Å². The van der Waals surface area contributed by atoms with Crippen molar-refractivity contribution in [2.45, 2.75) is 22.4 Å². The molecule has 2 heterocycles. The van der Waals surface area contributed by atoms with Crippen LogP contribution in [0.25, 0.3) is 0 Å². The van der Waals surface area contributed by atoms with Gasteiger partial charge in [-0.1, -0.05) is 23.9 Å². The molecule has 1 fully saturated rings. The van der Waals surface area contributed by atoms with E-state index < -0.39 is 11.7 Å². The van der Waals surface area contributed by atoms with E-state index in [1.54, 1.807) is 17.8 Å². The number of nitrogens with zero attached hydrogens (tertiary/aromatic N) is 4. The third-order valence-corrected chi connectivity index (χ3v) is 7.26. The van der Waals surface area contributed by atoms with Gasteiger partial charge in [0.15, 0.2) is 0 Å². The molecule has 33 heavy (non-hydrogen) atoms. The lowest BCUT2D eigenvalue weighted by atomic mass is 10.1. The number of para-hydroxylation sites is 1. The quantitative estimate of drug-likeness (QED) is 0.565. The summed E-state index contributed by atoms with van der Waals surface area (Å²) in [5.74, 6) is 0. The van der Waals surface area contributed by atoms with Gasteiger partial charge in [0.25, 0.3) is 0 Å². The van der Waals surface area contributed by atoms with Gasteiger partial charge in [0.1, 0.15) is 0 Å². The Morgan fingerprint density at radius 3 is 2.24 bits per heavy atom. The van der Waals surface area contributed by atoms with E-state index in [9.17, 15) is 13.2 Å². The van der Waals surface area contributed by atoms with Gasteiger partial charge in [-0.2, -0.15) is 13.2 Å². The molecule has 2 aliphatic heterocycles. The number of rotatable bonds is 8. The second-order valence-corrected chi connectivity index (χ2v) is 9.82. The van der Waals surface area contributed by atoms with Crippen LogP contribution in [0.2, 0.25) is 0 Å². The number of nitrogens with one attached hydrogen (secondary N) is 1. The van der Waals surface area contributed by atoms with Gasteiger partial charge in [-0.25, -0.2) is 0 Å². The molecule has 180 valence electrons. The number of halogens is 3. The highest BCUT2D eigenvalue weighted by Gasteiger charge is 2.33. The lowest BCUT2D eigenvalue weighted by molar-refractivity contribution is -0.137. The van der Waals surface area contributed by atoms with Crippen LogP contribution in [-0.2, 0) is 6.18 Å². The minimum Gasteiger partial charge on any atom is -0.340 e. The molecule has 0 unspecified atom stereocenters. The first-order valence-electron chi connectivity index (χ1n) is 11.4. The molecular formula is C24H32F3N5S. The van der Waals surface area contributed by atoms with Crippen LogP contribution >= 0.6 is 11.8 Å². The molecule has 0 radical (unpaired) electrons. The summed E-state index contributed by atoms with van der Waals surface area (Å²) >= 11 is 1.54. The number of hydrogen-bond donors (Lipinski definition) is 1. The van der Waals surface area contributed by atoms with Gasteiger partial charge in [-0.05, 0) is 43.3 Å². The lowest BCUT2D eigenvalue weighted by Gasteiger charge is -2.36. The second kappa shape index (κ2) is 10.7. The van der Waals surface area contributed by atoms with Crippen LogP contribution in [0, 0.1) is 0 Å². The molecule has 0 aliphatic carbocycles. The molecule has 2 aromatic carbocycles. The van der Waals surface area contributed by atoms with E-state index in [4.69, 9.17) is 0 Å². The predicted molar refractivity (Wildman–Crippen MR) is 128 cm³/mol. The summed E-state index contributed by atoms with van der Waals surface area (Å²) in [4.78, 5) is 8.97. The van der Waals surface area contributed by atoms with Crippen molar-refractivity contribution in [1.82, 2.24) is 20.2 Å². The monoisotopic (exact) mass is 479 g/mol. The van der Waals surface area contributed by atoms with Crippen molar-refractivity contribution in [2.75, 3.05) is 71.4 Å². The molecule has 0 atom stereocenters. The summed E-state index contributed by atoms with van der Waals surface area (Å²) in [5.41, 5.74) is 4.37. The molecule has 5 nitrogen and oxygen atoms in total. The minimum atomic E-state index is -4.34. The third kappa shape index (κ3) is 6.22. The highest BCUT2D eigenvalue weighted by molar-refractivity contribution is 7.99. The summed E-state index contributed by atoms with van der Waals surface area (Å²) in [7, 11) is 4.00. The van der Waals surface area contributed by atoms with Gasteiger partial charge in [0.2, 0.25) is 0 Å². The molecule has 0 spiro atoms. The standard InChI is InChI=1S/C24H32F3N5S/c1-29(2)28-10-13-31-16-14-30(15-17-31)11-5-12-32-20-6-3-4-7-22(20)33-23-9-8-19(18-21(23)32)24(25,26)27/h3-4,6-9,18,28H,5,10-17H2,1-2H3. The molecule has 0 aromatic heterocycles. The van der Waals surface area contributed by atoms with Gasteiger partial charge in [0, 0.05) is 69.7 Å². The molecule has 0 saturated carbocycles. The summed E-state index contributed by atoms with van der Waals surface area (Å²) in [5, 5.41) is 1.98. The van der Waals surface area contributed by atoms with Crippen LogP contribution < -0.4 is 10.3 Å². The molecular weight excluding hydrogens is 447 g/mol. The van der Waals surface area contributed by atoms with Crippen molar-refractivity contribution < 1.29 is 13.2 Å². The van der Waals surface area contributed by atoms with Gasteiger partial charge < -0.3 is 9.80 Å². The number of piperazine rings is 1. The van der Waals surface area contributed by atoms with E-state index in [2.05, 4.69) is 20.1 Å². The molecule has 2 aromatic rings. The number of alkyl halides is 3. The topological polar surface area (TPSA) is 25.0 Å². The first-order chi connectivity index (χ1) is 15.8. The smallest absolute Gasteiger partial charge is 0.340 e. The molecule has 9 heteroatoms. The van der Waals surface area contributed by atoms with Gasteiger partial charge >= 0.3 is 6.18 Å². The fourth-order valence-corrected chi connectivity index (χ4v) is 5.44. The van der Waals surface area contributed by atoms with Gasteiger partial charge in [-0.3, -0.25) is 15.3 Å². The van der Waals surface area contributed by atoms with Gasteiger partial charge in [0.05, 0.1) is 16.9 Å². The van der Waals surface area contributed by atoms with Crippen molar-refractivity contribution in [1.29, 1.82) is 0 Å². The SMILES string of the molecule is CN(C)NCCN1CCN(CCCN2c3ccccc3Sc3ccc(C(F)(F)F)cc32)CC1. The second-order valence-electron chi connectivity index (χ2n) is 8.74. The zero-order chi connectivity index (χ0) is 23.4. The van der Waals surface area contributed by atoms with E-state index in [0.29, 0.717) is 12.2 Å². The Morgan fingerprint density at radius 1 is 0.879 bits per heavy atom. The number of anilines is 2. The fourth-order valence-electron chi connectivity index (χ4n) is 4.37. The highest BCUT2D eigenvalue weighted by atomic mass is 32.2. The Labute approximate surface area is 198 Å². The first kappa shape index (κ1) is 24.3. The van der Waals surface area contributed by atoms with E-state index in [1.165, 1.54) is 12.1 Å². The number of benzene rings is 2. The maximum Gasteiger partial charge on any atom is 0.416 e. The summed E-state index contributed by atoms with van der Waals surface area (Å²) in [6.45, 7) is 7.78. The van der Waals surface area contributed by atoms with Crippen LogP contribution in [0.5, 0.6) is 0 Å². The summed E-state index contributed by atoms with van der Waals surface area (Å²) < 4.78 is 40.1. The third-order valence-electron chi connectivity index (χ3n) is 6.13. The van der Waals surface area contributed by atoms with E-state index in [1.807, 2.05) is 43.4 Å². The zero-order valence-electron chi connectivity index (χ0n) is 19.2. The van der Waals surface area contributed by atoms with E-state index >= 15 is 0 Å².